The first-order valence-corrected chi connectivity index (χ1v) is 7.82. The summed E-state index contributed by atoms with van der Waals surface area (Å²) in [6.07, 6.45) is -1.02. The third-order valence-electron chi connectivity index (χ3n) is 4.47. The fourth-order valence-electron chi connectivity index (χ4n) is 3.28. The van der Waals surface area contributed by atoms with E-state index in [-0.39, 0.29) is 18.1 Å². The van der Waals surface area contributed by atoms with E-state index in [1.165, 1.54) is 23.1 Å². The van der Waals surface area contributed by atoms with Gasteiger partial charge >= 0.3 is 0 Å². The Bertz CT molecular complexity index is 1010. The van der Waals surface area contributed by atoms with Crippen LogP contribution in [0.25, 0.3) is 10.8 Å². The van der Waals surface area contributed by atoms with Gasteiger partial charge in [0.15, 0.2) is 0 Å². The van der Waals surface area contributed by atoms with Crippen LogP contribution in [0, 0.1) is 10.1 Å². The molecular formula is C19H14N2O4. The number of rotatable bonds is 4. The average Bonchev–Trinajstić information content (AvgIpc) is 2.90. The van der Waals surface area contributed by atoms with Crippen molar-refractivity contribution in [3.05, 3.63) is 81.9 Å². The lowest BCUT2D eigenvalue weighted by atomic mass is 10.1. The summed E-state index contributed by atoms with van der Waals surface area (Å²) in [5, 5.41) is 23.3. The van der Waals surface area contributed by atoms with Crippen molar-refractivity contribution in [3.8, 4) is 0 Å². The van der Waals surface area contributed by atoms with Gasteiger partial charge in [0.05, 0.1) is 23.3 Å². The van der Waals surface area contributed by atoms with Gasteiger partial charge in [-0.3, -0.25) is 14.9 Å². The molecule has 3 aromatic carbocycles. The minimum absolute atomic E-state index is 0.0355. The molecule has 0 saturated heterocycles. The molecule has 6 heteroatoms. The van der Waals surface area contributed by atoms with Gasteiger partial charge in [-0.25, -0.2) is 0 Å². The van der Waals surface area contributed by atoms with Gasteiger partial charge in [-0.05, 0) is 23.1 Å². The van der Waals surface area contributed by atoms with E-state index in [4.69, 9.17) is 0 Å². The van der Waals surface area contributed by atoms with Gasteiger partial charge in [0, 0.05) is 23.1 Å². The van der Waals surface area contributed by atoms with Gasteiger partial charge in [-0.1, -0.05) is 36.4 Å². The van der Waals surface area contributed by atoms with Crippen molar-refractivity contribution in [3.63, 3.8) is 0 Å². The molecule has 3 aromatic rings. The van der Waals surface area contributed by atoms with Crippen LogP contribution in [-0.2, 0) is 0 Å². The molecular weight excluding hydrogens is 320 g/mol. The van der Waals surface area contributed by atoms with E-state index < -0.39 is 11.0 Å². The molecule has 124 valence electrons. The summed E-state index contributed by atoms with van der Waals surface area (Å²) in [4.78, 5) is 24.7. The third kappa shape index (κ3) is 2.43. The highest BCUT2D eigenvalue weighted by atomic mass is 16.6. The number of non-ortho nitro benzene ring substituents is 1. The molecule has 1 heterocycles. The second-order valence-corrected chi connectivity index (χ2v) is 5.96. The SMILES string of the molecule is O=C1c2cccc3cccc(c23)N1CC(O)c1cccc([N+](=O)[O-])c1. The Morgan fingerprint density at radius 2 is 1.80 bits per heavy atom. The highest BCUT2D eigenvalue weighted by molar-refractivity contribution is 6.25. The van der Waals surface area contributed by atoms with Crippen molar-refractivity contribution in [1.29, 1.82) is 0 Å². The second-order valence-electron chi connectivity index (χ2n) is 5.96. The van der Waals surface area contributed by atoms with Crippen LogP contribution in [0.15, 0.2) is 60.7 Å². The number of nitro benzene ring substituents is 1. The topological polar surface area (TPSA) is 83.7 Å². The first kappa shape index (κ1) is 15.3. The van der Waals surface area contributed by atoms with Gasteiger partial charge in [-0.2, -0.15) is 0 Å². The molecule has 0 fully saturated rings. The molecule has 0 aliphatic carbocycles. The molecule has 4 rings (SSSR count). The van der Waals surface area contributed by atoms with Crippen LogP contribution in [-0.4, -0.2) is 22.5 Å². The first-order valence-electron chi connectivity index (χ1n) is 7.82. The summed E-state index contributed by atoms with van der Waals surface area (Å²) in [6.45, 7) is 0.0355. The van der Waals surface area contributed by atoms with Crippen molar-refractivity contribution in [2.75, 3.05) is 11.4 Å². The van der Waals surface area contributed by atoms with Crippen molar-refractivity contribution in [2.24, 2.45) is 0 Å². The number of nitrogens with zero attached hydrogens (tertiary/aromatic N) is 2. The Hall–Kier alpha value is -3.25. The quantitative estimate of drug-likeness (QED) is 0.585. The summed E-state index contributed by atoms with van der Waals surface area (Å²) >= 11 is 0. The lowest BCUT2D eigenvalue weighted by molar-refractivity contribution is -0.385. The fourth-order valence-corrected chi connectivity index (χ4v) is 3.28. The number of benzene rings is 3. The summed E-state index contributed by atoms with van der Waals surface area (Å²) in [5.74, 6) is -0.170. The molecule has 1 aliphatic rings. The van der Waals surface area contributed by atoms with Crippen LogP contribution in [0.1, 0.15) is 22.0 Å². The fraction of sp³-hybridized carbons (Fsp3) is 0.105. The number of hydrogen-bond acceptors (Lipinski definition) is 4. The van der Waals surface area contributed by atoms with E-state index >= 15 is 0 Å². The van der Waals surface area contributed by atoms with E-state index in [1.54, 1.807) is 12.1 Å². The van der Waals surface area contributed by atoms with E-state index in [0.29, 0.717) is 11.1 Å². The molecule has 0 bridgehead atoms. The predicted molar refractivity (Wildman–Crippen MR) is 93.7 cm³/mol. The Morgan fingerprint density at radius 3 is 2.56 bits per heavy atom. The maximum Gasteiger partial charge on any atom is 0.269 e. The van der Waals surface area contributed by atoms with E-state index in [0.717, 1.165) is 16.5 Å². The predicted octanol–water partition coefficient (Wildman–Crippen LogP) is 3.44. The zero-order valence-corrected chi connectivity index (χ0v) is 13.1. The normalized spacial score (nSPS) is 14.1. The van der Waals surface area contributed by atoms with Crippen LogP contribution in [0.2, 0.25) is 0 Å². The van der Waals surface area contributed by atoms with Crippen LogP contribution < -0.4 is 4.90 Å². The monoisotopic (exact) mass is 334 g/mol. The standard InChI is InChI=1S/C19H14N2O4/c22-17(13-6-1-7-14(10-13)21(24)25)11-20-16-9-3-5-12-4-2-8-15(18(12)16)19(20)23/h1-10,17,22H,11H2. The molecule has 0 aromatic heterocycles. The summed E-state index contributed by atoms with van der Waals surface area (Å²) in [6, 6.07) is 17.0. The Labute approximate surface area is 143 Å². The number of nitro groups is 1. The Balaban J connectivity index is 1.68. The summed E-state index contributed by atoms with van der Waals surface area (Å²) in [5.41, 5.74) is 1.68. The summed E-state index contributed by atoms with van der Waals surface area (Å²) < 4.78 is 0. The van der Waals surface area contributed by atoms with Crippen molar-refractivity contribution < 1.29 is 14.8 Å². The van der Waals surface area contributed by atoms with Gasteiger partial charge in [0.25, 0.3) is 11.6 Å². The number of amides is 1. The lowest BCUT2D eigenvalue weighted by Crippen LogP contribution is -2.31. The molecule has 1 atom stereocenters. The van der Waals surface area contributed by atoms with E-state index in [1.807, 2.05) is 30.3 Å². The van der Waals surface area contributed by atoms with E-state index in [2.05, 4.69) is 0 Å². The van der Waals surface area contributed by atoms with E-state index in [9.17, 15) is 20.0 Å². The molecule has 1 amide bonds. The number of aliphatic hydroxyl groups excluding tert-OH is 1. The molecule has 1 aliphatic heterocycles. The van der Waals surface area contributed by atoms with Crippen molar-refractivity contribution >= 4 is 28.1 Å². The van der Waals surface area contributed by atoms with Crippen LogP contribution in [0.3, 0.4) is 0 Å². The third-order valence-corrected chi connectivity index (χ3v) is 4.47. The number of hydrogen-bond donors (Lipinski definition) is 1. The number of β-amino-alcohol motifs (C(OH)–C–C–N with tert-alkyl or cyclic N) is 1. The second kappa shape index (κ2) is 5.68. The average molecular weight is 334 g/mol. The lowest BCUT2D eigenvalue weighted by Gasteiger charge is -2.21. The molecule has 6 nitrogen and oxygen atoms in total. The van der Waals surface area contributed by atoms with Crippen molar-refractivity contribution in [1.82, 2.24) is 0 Å². The first-order chi connectivity index (χ1) is 12.1. The number of anilines is 1. The zero-order chi connectivity index (χ0) is 17.6. The van der Waals surface area contributed by atoms with Crippen LogP contribution in [0.4, 0.5) is 11.4 Å². The largest absolute Gasteiger partial charge is 0.387 e. The van der Waals surface area contributed by atoms with Crippen LogP contribution >= 0.6 is 0 Å². The minimum Gasteiger partial charge on any atom is -0.387 e. The smallest absolute Gasteiger partial charge is 0.269 e. The maximum atomic E-state index is 12.7. The maximum absolute atomic E-state index is 12.7. The molecule has 1 N–H and O–H groups in total. The minimum atomic E-state index is -1.02. The van der Waals surface area contributed by atoms with Gasteiger partial charge in [0.2, 0.25) is 0 Å². The number of carbonyl (C=O) groups is 1. The molecule has 1 unspecified atom stereocenters. The molecule has 25 heavy (non-hydrogen) atoms. The molecule has 0 spiro atoms. The highest BCUT2D eigenvalue weighted by Crippen LogP contribution is 2.38. The summed E-state index contributed by atoms with van der Waals surface area (Å²) in [7, 11) is 0. The van der Waals surface area contributed by atoms with Crippen LogP contribution in [0.5, 0.6) is 0 Å². The Morgan fingerprint density at radius 1 is 1.08 bits per heavy atom. The zero-order valence-electron chi connectivity index (χ0n) is 13.1. The van der Waals surface area contributed by atoms with Gasteiger partial charge in [0.1, 0.15) is 0 Å². The number of carbonyl (C=O) groups excluding carboxylic acids is 1. The highest BCUT2D eigenvalue weighted by Gasteiger charge is 2.31. The van der Waals surface area contributed by atoms with Gasteiger partial charge in [-0.15, -0.1) is 0 Å². The molecule has 0 radical (unpaired) electrons. The Kier molecular flexibility index (Phi) is 3.47. The van der Waals surface area contributed by atoms with Gasteiger partial charge < -0.3 is 10.0 Å². The number of aliphatic hydroxyl groups is 1. The van der Waals surface area contributed by atoms with Crippen molar-refractivity contribution in [2.45, 2.75) is 6.10 Å². The molecule has 0 saturated carbocycles.